The van der Waals surface area contributed by atoms with Crippen molar-refractivity contribution in [1.29, 1.82) is 0 Å². The molecule has 2 rings (SSSR count). The molecule has 1 aliphatic rings. The minimum atomic E-state index is -2.96. The molecule has 1 N–H and O–H groups in total. The largest absolute Gasteiger partial charge is 0.447 e. The zero-order valence-corrected chi connectivity index (χ0v) is 17.5. The lowest BCUT2D eigenvalue weighted by Crippen LogP contribution is -2.54. The van der Waals surface area contributed by atoms with Gasteiger partial charge in [-0.1, -0.05) is 22.0 Å². The van der Waals surface area contributed by atoms with E-state index in [0.717, 1.165) is 4.90 Å². The van der Waals surface area contributed by atoms with Crippen LogP contribution in [0, 0.1) is 6.92 Å². The zero-order chi connectivity index (χ0) is 20.4. The Morgan fingerprint density at radius 2 is 2.04 bits per heavy atom. The fourth-order valence-corrected chi connectivity index (χ4v) is 3.26. The van der Waals surface area contributed by atoms with Gasteiger partial charge in [-0.25, -0.2) is 13.6 Å². The average Bonchev–Trinajstić information content (AvgIpc) is 2.53. The van der Waals surface area contributed by atoms with E-state index in [-0.39, 0.29) is 19.4 Å². The molecule has 1 heterocycles. The number of nitrogens with one attached hydrogen (secondary N) is 1. The number of benzene rings is 1. The van der Waals surface area contributed by atoms with Crippen LogP contribution in [0.2, 0.25) is 0 Å². The number of piperidine rings is 1. The van der Waals surface area contributed by atoms with E-state index in [2.05, 4.69) is 21.2 Å². The maximum atomic E-state index is 14.0. The molecule has 1 aromatic rings. The first-order chi connectivity index (χ1) is 12.4. The van der Waals surface area contributed by atoms with Crippen molar-refractivity contribution in [1.82, 2.24) is 10.2 Å². The Kier molecular flexibility index (Phi) is 6.50. The van der Waals surface area contributed by atoms with E-state index in [1.165, 1.54) is 0 Å². The summed E-state index contributed by atoms with van der Waals surface area (Å²) in [4.78, 5) is 26.0. The first-order valence-corrected chi connectivity index (χ1v) is 9.57. The van der Waals surface area contributed by atoms with Crippen LogP contribution in [0.5, 0.6) is 0 Å². The Balaban J connectivity index is 2.16. The molecule has 0 saturated carbocycles. The summed E-state index contributed by atoms with van der Waals surface area (Å²) in [7, 11) is 0. The van der Waals surface area contributed by atoms with Crippen molar-refractivity contribution in [3.63, 3.8) is 0 Å². The smallest absolute Gasteiger partial charge is 0.407 e. The summed E-state index contributed by atoms with van der Waals surface area (Å²) in [5.74, 6) is -3.45. The van der Waals surface area contributed by atoms with E-state index in [0.29, 0.717) is 15.6 Å². The van der Waals surface area contributed by atoms with Gasteiger partial charge in [-0.15, -0.1) is 0 Å². The third-order valence-electron chi connectivity index (χ3n) is 4.26. The summed E-state index contributed by atoms with van der Waals surface area (Å²) < 4.78 is 33.9. The molecule has 1 aliphatic heterocycles. The summed E-state index contributed by atoms with van der Waals surface area (Å²) in [5.41, 5.74) is 0.577. The van der Waals surface area contributed by atoms with Crippen molar-refractivity contribution in [3.05, 3.63) is 33.8 Å². The average molecular weight is 447 g/mol. The number of hydrogen-bond donors (Lipinski definition) is 1. The van der Waals surface area contributed by atoms with Crippen molar-refractivity contribution in [2.24, 2.45) is 0 Å². The Labute approximate surface area is 166 Å². The minimum Gasteiger partial charge on any atom is -0.447 e. The highest BCUT2D eigenvalue weighted by atomic mass is 79.9. The monoisotopic (exact) mass is 446 g/mol. The Hall–Kier alpha value is -1.70. The lowest BCUT2D eigenvalue weighted by atomic mass is 9.97. The van der Waals surface area contributed by atoms with Crippen LogP contribution in [-0.4, -0.2) is 47.6 Å². The first-order valence-electron chi connectivity index (χ1n) is 8.78. The fraction of sp³-hybridized carbons (Fsp3) is 0.579. The summed E-state index contributed by atoms with van der Waals surface area (Å²) in [5, 5.41) is 2.65. The third kappa shape index (κ3) is 6.16. The highest BCUT2D eigenvalue weighted by Crippen LogP contribution is 2.32. The number of alkyl halides is 2. The van der Waals surface area contributed by atoms with Gasteiger partial charge in [-0.05, 0) is 51.8 Å². The lowest BCUT2D eigenvalue weighted by Gasteiger charge is -2.39. The highest BCUT2D eigenvalue weighted by molar-refractivity contribution is 9.10. The molecule has 0 aromatic heterocycles. The van der Waals surface area contributed by atoms with E-state index >= 15 is 0 Å². The molecule has 0 aliphatic carbocycles. The zero-order valence-electron chi connectivity index (χ0n) is 15.9. The first kappa shape index (κ1) is 21.6. The molecule has 0 spiro atoms. The van der Waals surface area contributed by atoms with Crippen LogP contribution in [-0.2, 0) is 4.74 Å². The quantitative estimate of drug-likeness (QED) is 0.742. The molecule has 1 saturated heterocycles. The molecule has 2 amide bonds. The maximum absolute atomic E-state index is 14.0. The molecule has 5 nitrogen and oxygen atoms in total. The number of carbonyl (C=O) groups is 2. The normalized spacial score (nSPS) is 19.5. The number of likely N-dealkylation sites (tertiary alicyclic amines) is 1. The van der Waals surface area contributed by atoms with E-state index in [9.17, 15) is 18.4 Å². The van der Waals surface area contributed by atoms with Crippen LogP contribution in [0.25, 0.3) is 0 Å². The summed E-state index contributed by atoms with van der Waals surface area (Å²) >= 11 is 3.31. The maximum Gasteiger partial charge on any atom is 0.407 e. The number of halogens is 3. The standard InChI is InChI=1S/C19H25BrF2N2O3/c1-12-5-6-13(20)9-15(12)16(25)24-11-19(21,22)8-7-14(24)10-27-17(26)23-18(2,3)4/h5-6,9,14H,7-8,10-11H2,1-4H3,(H,23,26)/t14-/m1/s1. The van der Waals surface area contributed by atoms with E-state index in [4.69, 9.17) is 4.74 Å². The molecule has 27 heavy (non-hydrogen) atoms. The molecule has 0 unspecified atom stereocenters. The molecular weight excluding hydrogens is 422 g/mol. The topological polar surface area (TPSA) is 58.6 Å². The van der Waals surface area contributed by atoms with E-state index in [1.807, 2.05) is 0 Å². The number of amides is 2. The second kappa shape index (κ2) is 8.12. The van der Waals surface area contributed by atoms with Gasteiger partial charge < -0.3 is 15.0 Å². The molecule has 0 radical (unpaired) electrons. The number of alkyl carbamates (subject to hydrolysis) is 1. The molecule has 8 heteroatoms. The van der Waals surface area contributed by atoms with Gasteiger partial charge in [0, 0.05) is 22.0 Å². The minimum absolute atomic E-state index is 0.0641. The molecule has 1 fully saturated rings. The predicted molar refractivity (Wildman–Crippen MR) is 102 cm³/mol. The van der Waals surface area contributed by atoms with Gasteiger partial charge in [0.2, 0.25) is 0 Å². The Morgan fingerprint density at radius 1 is 1.37 bits per heavy atom. The molecule has 1 atom stereocenters. The van der Waals surface area contributed by atoms with E-state index < -0.39 is 36.0 Å². The second-order valence-corrected chi connectivity index (χ2v) is 8.83. The second-order valence-electron chi connectivity index (χ2n) is 7.91. The Bertz CT molecular complexity index is 719. The summed E-state index contributed by atoms with van der Waals surface area (Å²) in [6.07, 6.45) is -0.913. The van der Waals surface area contributed by atoms with Crippen LogP contribution in [0.15, 0.2) is 22.7 Å². The van der Waals surface area contributed by atoms with Crippen molar-refractivity contribution in [2.45, 2.75) is 58.0 Å². The number of nitrogens with zero attached hydrogens (tertiary/aromatic N) is 1. The van der Waals surface area contributed by atoms with Crippen molar-refractivity contribution in [2.75, 3.05) is 13.2 Å². The van der Waals surface area contributed by atoms with Gasteiger partial charge >= 0.3 is 6.09 Å². The van der Waals surface area contributed by atoms with Crippen LogP contribution < -0.4 is 5.32 Å². The van der Waals surface area contributed by atoms with Gasteiger partial charge in [-0.2, -0.15) is 0 Å². The molecule has 1 aromatic carbocycles. The van der Waals surface area contributed by atoms with Gasteiger partial charge in [0.25, 0.3) is 11.8 Å². The number of ether oxygens (including phenoxy) is 1. The van der Waals surface area contributed by atoms with Crippen molar-refractivity contribution >= 4 is 27.9 Å². The van der Waals surface area contributed by atoms with Crippen molar-refractivity contribution in [3.8, 4) is 0 Å². The predicted octanol–water partition coefficient (Wildman–Crippen LogP) is 4.52. The summed E-state index contributed by atoms with van der Waals surface area (Å²) in [6.45, 7) is 6.36. The number of carbonyl (C=O) groups excluding carboxylic acids is 2. The number of hydrogen-bond acceptors (Lipinski definition) is 3. The number of rotatable bonds is 3. The third-order valence-corrected chi connectivity index (χ3v) is 4.75. The fourth-order valence-electron chi connectivity index (χ4n) is 2.90. The van der Waals surface area contributed by atoms with Crippen LogP contribution in [0.3, 0.4) is 0 Å². The highest BCUT2D eigenvalue weighted by Gasteiger charge is 2.43. The van der Waals surface area contributed by atoms with Crippen LogP contribution >= 0.6 is 15.9 Å². The Morgan fingerprint density at radius 3 is 2.67 bits per heavy atom. The van der Waals surface area contributed by atoms with Crippen LogP contribution in [0.1, 0.15) is 49.5 Å². The molecule has 0 bridgehead atoms. The van der Waals surface area contributed by atoms with Gasteiger partial charge in [0.05, 0.1) is 12.6 Å². The number of aryl methyl sites for hydroxylation is 1. The van der Waals surface area contributed by atoms with Gasteiger partial charge in [0.15, 0.2) is 0 Å². The summed E-state index contributed by atoms with van der Waals surface area (Å²) in [6, 6.07) is 4.56. The van der Waals surface area contributed by atoms with Crippen LogP contribution in [0.4, 0.5) is 13.6 Å². The lowest BCUT2D eigenvalue weighted by molar-refractivity contribution is -0.0791. The molecular formula is C19H25BrF2N2O3. The van der Waals surface area contributed by atoms with E-state index in [1.54, 1.807) is 45.9 Å². The van der Waals surface area contributed by atoms with Gasteiger partial charge in [-0.3, -0.25) is 4.79 Å². The SMILES string of the molecule is Cc1ccc(Br)cc1C(=O)N1CC(F)(F)CC[C@@H]1COC(=O)NC(C)(C)C. The molecule has 150 valence electrons. The van der Waals surface area contributed by atoms with Gasteiger partial charge in [0.1, 0.15) is 6.61 Å². The van der Waals surface area contributed by atoms with Crippen molar-refractivity contribution < 1.29 is 23.1 Å².